The van der Waals surface area contributed by atoms with Crippen LogP contribution in [0.1, 0.15) is 24.0 Å². The summed E-state index contributed by atoms with van der Waals surface area (Å²) in [5, 5.41) is 8.77. The van der Waals surface area contributed by atoms with Crippen molar-refractivity contribution in [1.82, 2.24) is 4.90 Å². The van der Waals surface area contributed by atoms with Crippen molar-refractivity contribution < 1.29 is 9.90 Å². The van der Waals surface area contributed by atoms with E-state index in [1.54, 1.807) is 0 Å². The summed E-state index contributed by atoms with van der Waals surface area (Å²) in [7, 11) is 0. The standard InChI is InChI=1S/C16H20N2O2/c17-16(20)15-8-9-18(12-15)11-14-7-2-1-5-13(14)6-3-4-10-19/h1-2,5,7,15,19H,4,8-12H2,(H2,17,20). The van der Waals surface area contributed by atoms with Crippen LogP contribution in [0.15, 0.2) is 24.3 Å². The smallest absolute Gasteiger partial charge is 0.221 e. The van der Waals surface area contributed by atoms with E-state index in [0.29, 0.717) is 6.42 Å². The van der Waals surface area contributed by atoms with Crippen molar-refractivity contribution in [2.24, 2.45) is 11.7 Å². The molecule has 0 saturated carbocycles. The fourth-order valence-electron chi connectivity index (χ4n) is 2.44. The molecule has 1 saturated heterocycles. The Hall–Kier alpha value is -1.83. The zero-order valence-corrected chi connectivity index (χ0v) is 11.5. The fourth-order valence-corrected chi connectivity index (χ4v) is 2.44. The molecule has 1 unspecified atom stereocenters. The Balaban J connectivity index is 2.03. The van der Waals surface area contributed by atoms with Gasteiger partial charge in [0.2, 0.25) is 5.91 Å². The van der Waals surface area contributed by atoms with Crippen LogP contribution < -0.4 is 5.73 Å². The van der Waals surface area contributed by atoms with Gasteiger partial charge in [0.05, 0.1) is 12.5 Å². The van der Waals surface area contributed by atoms with Gasteiger partial charge in [-0.15, -0.1) is 0 Å². The van der Waals surface area contributed by atoms with Crippen LogP contribution in [-0.4, -0.2) is 35.6 Å². The summed E-state index contributed by atoms with van der Waals surface area (Å²) in [5.41, 5.74) is 7.50. The van der Waals surface area contributed by atoms with Crippen LogP contribution in [-0.2, 0) is 11.3 Å². The first-order chi connectivity index (χ1) is 9.70. The van der Waals surface area contributed by atoms with Gasteiger partial charge in [-0.2, -0.15) is 0 Å². The number of carbonyl (C=O) groups is 1. The number of likely N-dealkylation sites (tertiary alicyclic amines) is 1. The molecule has 0 radical (unpaired) electrons. The van der Waals surface area contributed by atoms with E-state index in [-0.39, 0.29) is 18.4 Å². The van der Waals surface area contributed by atoms with Gasteiger partial charge in [-0.05, 0) is 24.6 Å². The Bertz CT molecular complexity index is 531. The molecule has 1 heterocycles. The van der Waals surface area contributed by atoms with E-state index in [4.69, 9.17) is 10.8 Å². The van der Waals surface area contributed by atoms with E-state index < -0.39 is 0 Å². The number of rotatable bonds is 4. The van der Waals surface area contributed by atoms with Crippen LogP contribution in [0.2, 0.25) is 0 Å². The molecule has 0 spiro atoms. The van der Waals surface area contributed by atoms with Gasteiger partial charge >= 0.3 is 0 Å². The number of aliphatic hydroxyl groups excluding tert-OH is 1. The van der Waals surface area contributed by atoms with E-state index in [1.165, 1.54) is 0 Å². The maximum Gasteiger partial charge on any atom is 0.221 e. The van der Waals surface area contributed by atoms with E-state index in [2.05, 4.69) is 22.8 Å². The number of nitrogens with two attached hydrogens (primary N) is 1. The molecule has 1 amide bonds. The van der Waals surface area contributed by atoms with Crippen LogP contribution in [0, 0.1) is 17.8 Å². The SMILES string of the molecule is NC(=O)C1CCN(Cc2ccccc2C#CCCO)C1. The lowest BCUT2D eigenvalue weighted by Gasteiger charge is -2.16. The summed E-state index contributed by atoms with van der Waals surface area (Å²) in [6.07, 6.45) is 1.33. The highest BCUT2D eigenvalue weighted by atomic mass is 16.2. The molecule has 1 aliphatic heterocycles. The van der Waals surface area contributed by atoms with Crippen molar-refractivity contribution in [3.05, 3.63) is 35.4 Å². The van der Waals surface area contributed by atoms with Crippen LogP contribution in [0.4, 0.5) is 0 Å². The third-order valence-corrected chi connectivity index (χ3v) is 3.55. The molecule has 0 bridgehead atoms. The molecule has 0 aliphatic carbocycles. The number of amides is 1. The van der Waals surface area contributed by atoms with Gasteiger partial charge in [0.1, 0.15) is 0 Å². The molecule has 2 rings (SSSR count). The maximum absolute atomic E-state index is 11.2. The molecule has 1 fully saturated rings. The first-order valence-electron chi connectivity index (χ1n) is 6.90. The molecule has 4 heteroatoms. The Morgan fingerprint density at radius 1 is 1.45 bits per heavy atom. The molecular formula is C16H20N2O2. The maximum atomic E-state index is 11.2. The van der Waals surface area contributed by atoms with Crippen molar-refractivity contribution in [2.45, 2.75) is 19.4 Å². The van der Waals surface area contributed by atoms with Crippen molar-refractivity contribution in [3.8, 4) is 11.8 Å². The van der Waals surface area contributed by atoms with Crippen molar-refractivity contribution in [1.29, 1.82) is 0 Å². The third kappa shape index (κ3) is 3.83. The Morgan fingerprint density at radius 2 is 2.25 bits per heavy atom. The quantitative estimate of drug-likeness (QED) is 0.794. The number of hydrogen-bond acceptors (Lipinski definition) is 3. The topological polar surface area (TPSA) is 66.6 Å². The van der Waals surface area contributed by atoms with E-state index in [0.717, 1.165) is 37.2 Å². The number of hydrogen-bond donors (Lipinski definition) is 2. The predicted molar refractivity (Wildman–Crippen MR) is 77.6 cm³/mol. The lowest BCUT2D eigenvalue weighted by atomic mass is 10.1. The molecule has 4 nitrogen and oxygen atoms in total. The van der Waals surface area contributed by atoms with Crippen molar-refractivity contribution in [3.63, 3.8) is 0 Å². The van der Waals surface area contributed by atoms with Crippen LogP contribution in [0.5, 0.6) is 0 Å². The zero-order valence-electron chi connectivity index (χ0n) is 11.5. The van der Waals surface area contributed by atoms with Crippen molar-refractivity contribution >= 4 is 5.91 Å². The minimum atomic E-state index is -0.205. The molecule has 1 aromatic rings. The Labute approximate surface area is 119 Å². The van der Waals surface area contributed by atoms with Gasteiger partial charge in [0.15, 0.2) is 0 Å². The molecule has 0 aromatic heterocycles. The zero-order chi connectivity index (χ0) is 14.4. The highest BCUT2D eigenvalue weighted by Gasteiger charge is 2.26. The Kier molecular flexibility index (Phi) is 5.16. The monoisotopic (exact) mass is 272 g/mol. The number of carbonyl (C=O) groups excluding carboxylic acids is 1. The minimum Gasteiger partial charge on any atom is -0.395 e. The molecule has 1 aromatic carbocycles. The molecule has 106 valence electrons. The summed E-state index contributed by atoms with van der Waals surface area (Å²) in [6.45, 7) is 2.50. The summed E-state index contributed by atoms with van der Waals surface area (Å²) in [6, 6.07) is 8.00. The average Bonchev–Trinajstić information content (AvgIpc) is 2.90. The highest BCUT2D eigenvalue weighted by Crippen LogP contribution is 2.19. The molecule has 20 heavy (non-hydrogen) atoms. The van der Waals surface area contributed by atoms with Gasteiger partial charge in [0.25, 0.3) is 0 Å². The largest absolute Gasteiger partial charge is 0.395 e. The minimum absolute atomic E-state index is 0.0253. The van der Waals surface area contributed by atoms with Crippen molar-refractivity contribution in [2.75, 3.05) is 19.7 Å². The van der Waals surface area contributed by atoms with Crippen LogP contribution in [0.3, 0.4) is 0 Å². The molecule has 1 atom stereocenters. The fraction of sp³-hybridized carbons (Fsp3) is 0.438. The number of benzene rings is 1. The van der Waals surface area contributed by atoms with E-state index in [9.17, 15) is 4.79 Å². The summed E-state index contributed by atoms with van der Waals surface area (Å²) in [5.74, 6) is 5.81. The summed E-state index contributed by atoms with van der Waals surface area (Å²) >= 11 is 0. The first kappa shape index (κ1) is 14.6. The molecular weight excluding hydrogens is 252 g/mol. The number of aliphatic hydroxyl groups is 1. The van der Waals surface area contributed by atoms with Gasteiger partial charge < -0.3 is 10.8 Å². The van der Waals surface area contributed by atoms with Gasteiger partial charge in [-0.3, -0.25) is 9.69 Å². The second kappa shape index (κ2) is 7.09. The molecule has 3 N–H and O–H groups in total. The lowest BCUT2D eigenvalue weighted by Crippen LogP contribution is -2.27. The van der Waals surface area contributed by atoms with Gasteiger partial charge in [0, 0.05) is 25.1 Å². The molecule has 1 aliphatic rings. The predicted octanol–water partition coefficient (Wildman–Crippen LogP) is 0.728. The van der Waals surface area contributed by atoms with Crippen LogP contribution >= 0.6 is 0 Å². The second-order valence-electron chi connectivity index (χ2n) is 5.06. The number of nitrogens with zero attached hydrogens (tertiary/aromatic N) is 1. The second-order valence-corrected chi connectivity index (χ2v) is 5.06. The Morgan fingerprint density at radius 3 is 2.95 bits per heavy atom. The van der Waals surface area contributed by atoms with E-state index in [1.807, 2.05) is 18.2 Å². The lowest BCUT2D eigenvalue weighted by molar-refractivity contribution is -0.121. The van der Waals surface area contributed by atoms with Crippen LogP contribution in [0.25, 0.3) is 0 Å². The number of primary amides is 1. The highest BCUT2D eigenvalue weighted by molar-refractivity contribution is 5.77. The normalized spacial score (nSPS) is 18.6. The average molecular weight is 272 g/mol. The van der Waals surface area contributed by atoms with E-state index >= 15 is 0 Å². The van der Waals surface area contributed by atoms with Gasteiger partial charge in [-0.1, -0.05) is 30.0 Å². The third-order valence-electron chi connectivity index (χ3n) is 3.55. The van der Waals surface area contributed by atoms with Gasteiger partial charge in [-0.25, -0.2) is 0 Å². The summed E-state index contributed by atoms with van der Waals surface area (Å²) < 4.78 is 0. The summed E-state index contributed by atoms with van der Waals surface area (Å²) in [4.78, 5) is 13.4. The first-order valence-corrected chi connectivity index (χ1v) is 6.90.